The summed E-state index contributed by atoms with van der Waals surface area (Å²) < 4.78 is 2.71. The number of aliphatic hydroxyl groups is 1. The fraction of sp³-hybridized carbons (Fsp3) is 0.700. The Balaban J connectivity index is 2.01. The summed E-state index contributed by atoms with van der Waals surface area (Å²) in [5, 5.41) is 17.5. The lowest BCUT2D eigenvalue weighted by Crippen LogP contribution is -2.25. The Labute approximate surface area is 97.8 Å². The number of hydrogen-bond acceptors (Lipinski definition) is 3. The molecule has 1 saturated carbocycles. The van der Waals surface area contributed by atoms with E-state index in [4.69, 9.17) is 0 Å². The summed E-state index contributed by atoms with van der Waals surface area (Å²) >= 11 is 3.41. The first-order valence-electron chi connectivity index (χ1n) is 5.35. The summed E-state index contributed by atoms with van der Waals surface area (Å²) in [7, 11) is 0. The Morgan fingerprint density at radius 3 is 3.07 bits per heavy atom. The van der Waals surface area contributed by atoms with Crippen molar-refractivity contribution in [2.24, 2.45) is 0 Å². The summed E-state index contributed by atoms with van der Waals surface area (Å²) in [6.07, 6.45) is 3.73. The first-order valence-corrected chi connectivity index (χ1v) is 6.14. The highest BCUT2D eigenvalue weighted by Crippen LogP contribution is 2.24. The van der Waals surface area contributed by atoms with Gasteiger partial charge in [-0.05, 0) is 35.7 Å². The number of nitrogens with zero attached hydrogens (tertiary/aromatic N) is 2. The summed E-state index contributed by atoms with van der Waals surface area (Å²) in [6.45, 7) is 3.40. The molecule has 0 radical (unpaired) electrons. The van der Waals surface area contributed by atoms with Crippen LogP contribution in [0.2, 0.25) is 0 Å². The molecule has 0 aromatic carbocycles. The van der Waals surface area contributed by atoms with Gasteiger partial charge in [-0.1, -0.05) is 0 Å². The number of aromatic nitrogens is 2. The standard InChI is InChI=1S/C10H16BrN3O/c1-2-14-10(8(11)5-13-14)9(15)6-12-7-3-4-7/h5,7,9,12,15H,2-4,6H2,1H3. The molecule has 1 aliphatic rings. The van der Waals surface area contributed by atoms with E-state index < -0.39 is 6.10 Å². The number of rotatable bonds is 5. The van der Waals surface area contributed by atoms with E-state index in [1.54, 1.807) is 6.20 Å². The summed E-state index contributed by atoms with van der Waals surface area (Å²) in [5.74, 6) is 0. The second kappa shape index (κ2) is 4.63. The minimum absolute atomic E-state index is 0.484. The highest BCUT2D eigenvalue weighted by atomic mass is 79.9. The van der Waals surface area contributed by atoms with E-state index in [1.807, 2.05) is 11.6 Å². The zero-order valence-electron chi connectivity index (χ0n) is 8.78. The predicted molar refractivity (Wildman–Crippen MR) is 61.6 cm³/mol. The van der Waals surface area contributed by atoms with E-state index in [0.717, 1.165) is 16.7 Å². The van der Waals surface area contributed by atoms with Gasteiger partial charge >= 0.3 is 0 Å². The third-order valence-corrected chi connectivity index (χ3v) is 3.24. The predicted octanol–water partition coefficient (Wildman–Crippen LogP) is 1.45. The lowest BCUT2D eigenvalue weighted by atomic mass is 10.2. The molecular formula is C10H16BrN3O. The lowest BCUT2D eigenvalue weighted by molar-refractivity contribution is 0.162. The van der Waals surface area contributed by atoms with Gasteiger partial charge in [-0.3, -0.25) is 4.68 Å². The molecule has 0 saturated heterocycles. The van der Waals surface area contributed by atoms with Crippen molar-refractivity contribution in [2.45, 2.75) is 38.5 Å². The molecule has 5 heteroatoms. The minimum atomic E-state index is -0.484. The van der Waals surface area contributed by atoms with Gasteiger partial charge in [0.15, 0.2) is 0 Å². The van der Waals surface area contributed by atoms with E-state index in [2.05, 4.69) is 26.3 Å². The zero-order valence-corrected chi connectivity index (χ0v) is 10.4. The molecule has 0 spiro atoms. The molecule has 1 unspecified atom stereocenters. The normalized spacial score (nSPS) is 18.1. The Morgan fingerprint density at radius 2 is 2.47 bits per heavy atom. The van der Waals surface area contributed by atoms with Crippen molar-refractivity contribution in [2.75, 3.05) is 6.54 Å². The van der Waals surface area contributed by atoms with Gasteiger partial charge in [0.2, 0.25) is 0 Å². The van der Waals surface area contributed by atoms with Gasteiger partial charge in [0.25, 0.3) is 0 Å². The Hall–Kier alpha value is -0.390. The molecule has 1 atom stereocenters. The summed E-state index contributed by atoms with van der Waals surface area (Å²) in [4.78, 5) is 0. The van der Waals surface area contributed by atoms with Crippen LogP contribution in [0, 0.1) is 0 Å². The van der Waals surface area contributed by atoms with Gasteiger partial charge in [0.05, 0.1) is 16.4 Å². The third kappa shape index (κ3) is 2.59. The van der Waals surface area contributed by atoms with E-state index in [-0.39, 0.29) is 0 Å². The van der Waals surface area contributed by atoms with Crippen LogP contribution in [0.1, 0.15) is 31.6 Å². The molecule has 2 N–H and O–H groups in total. The second-order valence-electron chi connectivity index (χ2n) is 3.89. The lowest BCUT2D eigenvalue weighted by Gasteiger charge is -2.13. The molecule has 15 heavy (non-hydrogen) atoms. The van der Waals surface area contributed by atoms with E-state index in [9.17, 15) is 5.11 Å². The van der Waals surface area contributed by atoms with E-state index in [0.29, 0.717) is 12.6 Å². The average molecular weight is 274 g/mol. The first kappa shape index (κ1) is 11.1. The van der Waals surface area contributed by atoms with Crippen LogP contribution >= 0.6 is 15.9 Å². The van der Waals surface area contributed by atoms with Crippen LogP contribution < -0.4 is 5.32 Å². The van der Waals surface area contributed by atoms with Crippen molar-refractivity contribution < 1.29 is 5.11 Å². The molecule has 1 aromatic heterocycles. The van der Waals surface area contributed by atoms with Gasteiger partial charge in [-0.2, -0.15) is 5.10 Å². The zero-order chi connectivity index (χ0) is 10.8. The maximum Gasteiger partial charge on any atom is 0.109 e. The number of aliphatic hydroxyl groups excluding tert-OH is 1. The maximum atomic E-state index is 10.0. The molecular weight excluding hydrogens is 258 g/mol. The minimum Gasteiger partial charge on any atom is -0.385 e. The highest BCUT2D eigenvalue weighted by molar-refractivity contribution is 9.10. The van der Waals surface area contributed by atoms with Crippen molar-refractivity contribution in [1.29, 1.82) is 0 Å². The Bertz CT molecular complexity index is 335. The van der Waals surface area contributed by atoms with Gasteiger partial charge in [-0.25, -0.2) is 0 Å². The van der Waals surface area contributed by atoms with Gasteiger partial charge in [0.1, 0.15) is 6.10 Å². The van der Waals surface area contributed by atoms with Crippen molar-refractivity contribution >= 4 is 15.9 Å². The number of aryl methyl sites for hydroxylation is 1. The number of hydrogen-bond donors (Lipinski definition) is 2. The molecule has 1 aromatic rings. The van der Waals surface area contributed by atoms with Gasteiger partial charge < -0.3 is 10.4 Å². The van der Waals surface area contributed by atoms with Crippen molar-refractivity contribution in [3.63, 3.8) is 0 Å². The van der Waals surface area contributed by atoms with E-state index >= 15 is 0 Å². The van der Waals surface area contributed by atoms with Crippen LogP contribution in [0.25, 0.3) is 0 Å². The fourth-order valence-electron chi connectivity index (χ4n) is 1.62. The molecule has 1 aliphatic carbocycles. The molecule has 1 heterocycles. The third-order valence-electron chi connectivity index (χ3n) is 2.63. The second-order valence-corrected chi connectivity index (χ2v) is 4.75. The van der Waals surface area contributed by atoms with Crippen molar-refractivity contribution in [1.82, 2.24) is 15.1 Å². The molecule has 0 bridgehead atoms. The van der Waals surface area contributed by atoms with E-state index in [1.165, 1.54) is 12.8 Å². The molecule has 2 rings (SSSR count). The summed E-state index contributed by atoms with van der Waals surface area (Å²) in [5.41, 5.74) is 0.866. The Morgan fingerprint density at radius 1 is 1.73 bits per heavy atom. The van der Waals surface area contributed by atoms with Crippen LogP contribution in [0.4, 0.5) is 0 Å². The van der Waals surface area contributed by atoms with Crippen molar-refractivity contribution in [3.8, 4) is 0 Å². The van der Waals surface area contributed by atoms with Crippen LogP contribution in [-0.4, -0.2) is 27.5 Å². The van der Waals surface area contributed by atoms with Gasteiger partial charge in [0, 0.05) is 19.1 Å². The maximum absolute atomic E-state index is 10.0. The quantitative estimate of drug-likeness (QED) is 0.854. The molecule has 0 aliphatic heterocycles. The van der Waals surface area contributed by atoms with Crippen LogP contribution in [0.5, 0.6) is 0 Å². The monoisotopic (exact) mass is 273 g/mol. The topological polar surface area (TPSA) is 50.1 Å². The smallest absolute Gasteiger partial charge is 0.109 e. The number of halogens is 1. The largest absolute Gasteiger partial charge is 0.385 e. The Kier molecular flexibility index (Phi) is 3.43. The number of nitrogens with one attached hydrogen (secondary N) is 1. The van der Waals surface area contributed by atoms with Crippen LogP contribution in [-0.2, 0) is 6.54 Å². The SMILES string of the molecule is CCn1ncc(Br)c1C(O)CNC1CC1. The summed E-state index contributed by atoms with van der Waals surface area (Å²) in [6, 6.07) is 0.622. The fourth-order valence-corrected chi connectivity index (χ4v) is 2.18. The molecule has 4 nitrogen and oxygen atoms in total. The molecule has 1 fully saturated rings. The molecule has 0 amide bonds. The highest BCUT2D eigenvalue weighted by Gasteiger charge is 2.23. The van der Waals surface area contributed by atoms with Crippen LogP contribution in [0.15, 0.2) is 10.7 Å². The molecule has 84 valence electrons. The van der Waals surface area contributed by atoms with Crippen molar-refractivity contribution in [3.05, 3.63) is 16.4 Å². The van der Waals surface area contributed by atoms with Crippen LogP contribution in [0.3, 0.4) is 0 Å². The first-order chi connectivity index (χ1) is 7.22. The van der Waals surface area contributed by atoms with Gasteiger partial charge in [-0.15, -0.1) is 0 Å². The average Bonchev–Trinajstić information content (AvgIpc) is 2.98.